The summed E-state index contributed by atoms with van der Waals surface area (Å²) in [7, 11) is 0. The van der Waals surface area contributed by atoms with Crippen molar-refractivity contribution in [3.8, 4) is 0 Å². The summed E-state index contributed by atoms with van der Waals surface area (Å²) in [6.45, 7) is 3.58. The van der Waals surface area contributed by atoms with Crippen LogP contribution in [0.1, 0.15) is 12.5 Å². The maximum Gasteiger partial charge on any atom is 0.0506 e. The van der Waals surface area contributed by atoms with Crippen molar-refractivity contribution in [2.24, 2.45) is 0 Å². The van der Waals surface area contributed by atoms with Gasteiger partial charge in [0.1, 0.15) is 0 Å². The van der Waals surface area contributed by atoms with Gasteiger partial charge < -0.3 is 4.74 Å². The van der Waals surface area contributed by atoms with E-state index in [-0.39, 0.29) is 0 Å². The highest BCUT2D eigenvalue weighted by molar-refractivity contribution is 6.30. The van der Waals surface area contributed by atoms with E-state index in [2.05, 4.69) is 0 Å². The predicted molar refractivity (Wildman–Crippen MR) is 51.6 cm³/mol. The molecular weight excluding hydrogens is 172 g/mol. The Hall–Kier alpha value is -0.530. The minimum absolute atomic E-state index is 0.785. The largest absolute Gasteiger partial charge is 0.381 e. The van der Waals surface area contributed by atoms with Crippen LogP contribution < -0.4 is 0 Å². The third-order valence-corrected chi connectivity index (χ3v) is 1.90. The maximum atomic E-state index is 5.74. The summed E-state index contributed by atoms with van der Waals surface area (Å²) in [6, 6.07) is 7.87. The first-order valence-corrected chi connectivity index (χ1v) is 4.53. The molecule has 12 heavy (non-hydrogen) atoms. The van der Waals surface area contributed by atoms with Crippen molar-refractivity contribution < 1.29 is 4.74 Å². The van der Waals surface area contributed by atoms with Crippen LogP contribution in [0.5, 0.6) is 0 Å². The van der Waals surface area contributed by atoms with E-state index < -0.39 is 0 Å². The molecule has 1 aromatic rings. The van der Waals surface area contributed by atoms with Gasteiger partial charge in [-0.3, -0.25) is 0 Å². The van der Waals surface area contributed by atoms with Crippen LogP contribution >= 0.6 is 11.6 Å². The second kappa shape index (κ2) is 5.18. The SMILES string of the molecule is CCOCCc1ccc(Cl)cc1. The Morgan fingerprint density at radius 2 is 1.92 bits per heavy atom. The molecule has 0 aliphatic carbocycles. The Bertz CT molecular complexity index is 218. The van der Waals surface area contributed by atoms with Gasteiger partial charge in [-0.2, -0.15) is 0 Å². The van der Waals surface area contributed by atoms with Gasteiger partial charge in [-0.05, 0) is 31.0 Å². The molecule has 1 rings (SSSR count). The van der Waals surface area contributed by atoms with E-state index in [4.69, 9.17) is 16.3 Å². The minimum atomic E-state index is 0.785. The molecule has 1 aromatic carbocycles. The lowest BCUT2D eigenvalue weighted by atomic mass is 10.2. The Morgan fingerprint density at radius 1 is 1.25 bits per heavy atom. The molecule has 2 heteroatoms. The second-order valence-corrected chi connectivity index (χ2v) is 3.01. The Labute approximate surface area is 78.3 Å². The molecular formula is C10H13ClO. The van der Waals surface area contributed by atoms with E-state index in [1.807, 2.05) is 31.2 Å². The molecule has 0 heterocycles. The first kappa shape index (κ1) is 9.56. The molecule has 0 fully saturated rings. The Morgan fingerprint density at radius 3 is 2.50 bits per heavy atom. The highest BCUT2D eigenvalue weighted by Crippen LogP contribution is 2.09. The molecule has 0 N–H and O–H groups in total. The zero-order valence-electron chi connectivity index (χ0n) is 7.22. The van der Waals surface area contributed by atoms with Gasteiger partial charge in [0.2, 0.25) is 0 Å². The van der Waals surface area contributed by atoms with Crippen LogP contribution in [0.2, 0.25) is 5.02 Å². The summed E-state index contributed by atoms with van der Waals surface area (Å²) in [5.74, 6) is 0. The van der Waals surface area contributed by atoms with E-state index in [0.29, 0.717) is 0 Å². The molecule has 0 atom stereocenters. The standard InChI is InChI=1S/C10H13ClO/c1-2-12-8-7-9-3-5-10(11)6-4-9/h3-6H,2,7-8H2,1H3. The van der Waals surface area contributed by atoms with Gasteiger partial charge >= 0.3 is 0 Å². The van der Waals surface area contributed by atoms with Crippen molar-refractivity contribution in [3.63, 3.8) is 0 Å². The fourth-order valence-electron chi connectivity index (χ4n) is 0.985. The number of halogens is 1. The molecule has 0 unspecified atom stereocenters. The van der Waals surface area contributed by atoms with Crippen LogP contribution in [-0.4, -0.2) is 13.2 Å². The summed E-state index contributed by atoms with van der Waals surface area (Å²) in [5, 5.41) is 0.787. The van der Waals surface area contributed by atoms with Crippen LogP contribution in [0.3, 0.4) is 0 Å². The van der Waals surface area contributed by atoms with Gasteiger partial charge in [0, 0.05) is 11.6 Å². The Balaban J connectivity index is 2.37. The van der Waals surface area contributed by atoms with E-state index in [9.17, 15) is 0 Å². The van der Waals surface area contributed by atoms with Crippen molar-refractivity contribution in [1.82, 2.24) is 0 Å². The molecule has 0 saturated carbocycles. The van der Waals surface area contributed by atoms with Crippen LogP contribution in [0.15, 0.2) is 24.3 Å². The first-order chi connectivity index (χ1) is 5.83. The lowest BCUT2D eigenvalue weighted by Crippen LogP contribution is -1.97. The fourth-order valence-corrected chi connectivity index (χ4v) is 1.11. The van der Waals surface area contributed by atoms with Crippen LogP contribution in [0.25, 0.3) is 0 Å². The van der Waals surface area contributed by atoms with Crippen molar-refractivity contribution in [1.29, 1.82) is 0 Å². The van der Waals surface area contributed by atoms with Crippen molar-refractivity contribution in [2.75, 3.05) is 13.2 Å². The molecule has 0 bridgehead atoms. The topological polar surface area (TPSA) is 9.23 Å². The number of hydrogen-bond acceptors (Lipinski definition) is 1. The molecule has 0 radical (unpaired) electrons. The summed E-state index contributed by atoms with van der Waals surface area (Å²) in [4.78, 5) is 0. The number of benzene rings is 1. The minimum Gasteiger partial charge on any atom is -0.381 e. The predicted octanol–water partition coefficient (Wildman–Crippen LogP) is 2.92. The molecule has 0 amide bonds. The smallest absolute Gasteiger partial charge is 0.0506 e. The lowest BCUT2D eigenvalue weighted by Gasteiger charge is -2.01. The molecule has 0 aliphatic rings. The maximum absolute atomic E-state index is 5.74. The number of rotatable bonds is 4. The van der Waals surface area contributed by atoms with E-state index >= 15 is 0 Å². The van der Waals surface area contributed by atoms with Gasteiger partial charge in [-0.15, -0.1) is 0 Å². The Kier molecular flexibility index (Phi) is 4.12. The lowest BCUT2D eigenvalue weighted by molar-refractivity contribution is 0.151. The normalized spacial score (nSPS) is 10.2. The average molecular weight is 185 g/mol. The summed E-state index contributed by atoms with van der Waals surface area (Å²) >= 11 is 5.74. The van der Waals surface area contributed by atoms with Gasteiger partial charge in [-0.25, -0.2) is 0 Å². The third-order valence-electron chi connectivity index (χ3n) is 1.65. The number of ether oxygens (including phenoxy) is 1. The quantitative estimate of drug-likeness (QED) is 0.654. The zero-order valence-corrected chi connectivity index (χ0v) is 7.97. The van der Waals surface area contributed by atoms with Crippen molar-refractivity contribution in [2.45, 2.75) is 13.3 Å². The average Bonchev–Trinajstić information content (AvgIpc) is 2.09. The van der Waals surface area contributed by atoms with Crippen molar-refractivity contribution in [3.05, 3.63) is 34.9 Å². The molecule has 0 spiro atoms. The van der Waals surface area contributed by atoms with E-state index in [1.54, 1.807) is 0 Å². The molecule has 1 nitrogen and oxygen atoms in total. The van der Waals surface area contributed by atoms with Crippen LogP contribution in [-0.2, 0) is 11.2 Å². The van der Waals surface area contributed by atoms with Crippen molar-refractivity contribution >= 4 is 11.6 Å². The van der Waals surface area contributed by atoms with Crippen LogP contribution in [0, 0.1) is 0 Å². The monoisotopic (exact) mass is 184 g/mol. The molecule has 0 saturated heterocycles. The molecule has 0 aromatic heterocycles. The molecule has 66 valence electrons. The van der Waals surface area contributed by atoms with Crippen LogP contribution in [0.4, 0.5) is 0 Å². The van der Waals surface area contributed by atoms with Gasteiger partial charge in [0.15, 0.2) is 0 Å². The first-order valence-electron chi connectivity index (χ1n) is 4.15. The zero-order chi connectivity index (χ0) is 8.81. The van der Waals surface area contributed by atoms with E-state index in [1.165, 1.54) is 5.56 Å². The fraction of sp³-hybridized carbons (Fsp3) is 0.400. The number of hydrogen-bond donors (Lipinski definition) is 0. The second-order valence-electron chi connectivity index (χ2n) is 2.57. The third kappa shape index (κ3) is 3.24. The molecule has 0 aliphatic heterocycles. The highest BCUT2D eigenvalue weighted by Gasteiger charge is 1.92. The summed E-state index contributed by atoms with van der Waals surface area (Å²) < 4.78 is 5.23. The van der Waals surface area contributed by atoms with Gasteiger partial charge in [0.25, 0.3) is 0 Å². The summed E-state index contributed by atoms with van der Waals surface area (Å²) in [6.07, 6.45) is 0.963. The van der Waals surface area contributed by atoms with Gasteiger partial charge in [0.05, 0.1) is 6.61 Å². The summed E-state index contributed by atoms with van der Waals surface area (Å²) in [5.41, 5.74) is 1.27. The van der Waals surface area contributed by atoms with Gasteiger partial charge in [-0.1, -0.05) is 23.7 Å². The van der Waals surface area contributed by atoms with E-state index in [0.717, 1.165) is 24.7 Å². The highest BCUT2D eigenvalue weighted by atomic mass is 35.5.